The molecule has 0 aromatic heterocycles. The Bertz CT molecular complexity index is 1340. The first-order valence-corrected chi connectivity index (χ1v) is 12.9. The van der Waals surface area contributed by atoms with Crippen LogP contribution in [-0.2, 0) is 14.8 Å². The molecule has 0 saturated heterocycles. The number of nitrogens with zero attached hydrogens (tertiary/aromatic N) is 1. The van der Waals surface area contributed by atoms with Crippen LogP contribution in [0.1, 0.15) is 22.3 Å². The second-order valence-corrected chi connectivity index (χ2v) is 10.7. The molecule has 1 heterocycles. The van der Waals surface area contributed by atoms with E-state index >= 15 is 0 Å². The lowest BCUT2D eigenvalue weighted by Gasteiger charge is -2.35. The summed E-state index contributed by atoms with van der Waals surface area (Å²) in [6, 6.07) is 17.9. The molecule has 0 spiro atoms. The summed E-state index contributed by atoms with van der Waals surface area (Å²) in [6.07, 6.45) is -0.994. The first-order chi connectivity index (χ1) is 16.6. The molecule has 3 aromatic carbocycles. The van der Waals surface area contributed by atoms with E-state index < -0.39 is 22.0 Å². The molecular formula is C27H30N2O5S. The van der Waals surface area contributed by atoms with Crippen molar-refractivity contribution in [1.29, 1.82) is 0 Å². The van der Waals surface area contributed by atoms with Crippen molar-refractivity contribution in [3.8, 4) is 11.5 Å². The van der Waals surface area contributed by atoms with Gasteiger partial charge >= 0.3 is 0 Å². The Kier molecular flexibility index (Phi) is 7.03. The van der Waals surface area contributed by atoms with Gasteiger partial charge in [-0.25, -0.2) is 8.42 Å². The van der Waals surface area contributed by atoms with Gasteiger partial charge in [-0.2, -0.15) is 0 Å². The average Bonchev–Trinajstić information content (AvgIpc) is 2.83. The number of aryl methyl sites for hydroxylation is 4. The fraction of sp³-hybridized carbons (Fsp3) is 0.296. The van der Waals surface area contributed by atoms with Gasteiger partial charge in [0.15, 0.2) is 6.10 Å². The molecule has 0 bridgehead atoms. The van der Waals surface area contributed by atoms with Crippen molar-refractivity contribution in [2.75, 3.05) is 24.0 Å². The maximum atomic E-state index is 13.5. The number of sulfonamides is 1. The van der Waals surface area contributed by atoms with E-state index in [1.807, 2.05) is 52.0 Å². The maximum absolute atomic E-state index is 13.5. The summed E-state index contributed by atoms with van der Waals surface area (Å²) in [5.74, 6) is 0.724. The van der Waals surface area contributed by atoms with Crippen LogP contribution in [0.5, 0.6) is 11.5 Å². The van der Waals surface area contributed by atoms with Gasteiger partial charge in [0.25, 0.3) is 15.9 Å². The SMILES string of the molecule is Cc1ccc(S(=O)(=O)N2C[C@H](C(=O)NCCOc3cc(C)ccc3C)Oc3ccc(C)cc32)cc1. The molecule has 184 valence electrons. The minimum Gasteiger partial charge on any atom is -0.491 e. The molecular weight excluding hydrogens is 464 g/mol. The molecule has 0 unspecified atom stereocenters. The van der Waals surface area contributed by atoms with Crippen molar-refractivity contribution < 1.29 is 22.7 Å². The highest BCUT2D eigenvalue weighted by Crippen LogP contribution is 2.37. The van der Waals surface area contributed by atoms with E-state index in [9.17, 15) is 13.2 Å². The van der Waals surface area contributed by atoms with Crippen LogP contribution in [0, 0.1) is 27.7 Å². The zero-order chi connectivity index (χ0) is 25.2. The molecule has 0 fully saturated rings. The molecule has 35 heavy (non-hydrogen) atoms. The second kappa shape index (κ2) is 10.00. The number of benzene rings is 3. The van der Waals surface area contributed by atoms with Crippen molar-refractivity contribution in [3.63, 3.8) is 0 Å². The number of amides is 1. The summed E-state index contributed by atoms with van der Waals surface area (Å²) in [5, 5.41) is 2.81. The lowest BCUT2D eigenvalue weighted by atomic mass is 10.1. The molecule has 8 heteroatoms. The maximum Gasteiger partial charge on any atom is 0.264 e. The Morgan fingerprint density at radius 2 is 1.63 bits per heavy atom. The van der Waals surface area contributed by atoms with Gasteiger partial charge in [0.1, 0.15) is 18.1 Å². The number of carbonyl (C=O) groups excluding carboxylic acids is 1. The first-order valence-electron chi connectivity index (χ1n) is 11.5. The summed E-state index contributed by atoms with van der Waals surface area (Å²) in [4.78, 5) is 13.1. The van der Waals surface area contributed by atoms with E-state index in [1.54, 1.807) is 36.4 Å². The number of carbonyl (C=O) groups is 1. The first kappa shape index (κ1) is 24.6. The predicted molar refractivity (Wildman–Crippen MR) is 136 cm³/mol. The van der Waals surface area contributed by atoms with Crippen LogP contribution in [0.4, 0.5) is 5.69 Å². The van der Waals surface area contributed by atoms with Gasteiger partial charge < -0.3 is 14.8 Å². The highest BCUT2D eigenvalue weighted by molar-refractivity contribution is 7.92. The van der Waals surface area contributed by atoms with Crippen molar-refractivity contribution in [2.24, 2.45) is 0 Å². The Labute approximate surface area is 206 Å². The van der Waals surface area contributed by atoms with Gasteiger partial charge in [0.2, 0.25) is 0 Å². The lowest BCUT2D eigenvalue weighted by molar-refractivity contribution is -0.127. The van der Waals surface area contributed by atoms with Gasteiger partial charge in [-0.1, -0.05) is 35.9 Å². The van der Waals surface area contributed by atoms with Crippen LogP contribution in [0.2, 0.25) is 0 Å². The number of fused-ring (bicyclic) bond motifs is 1. The normalized spacial score (nSPS) is 15.2. The largest absolute Gasteiger partial charge is 0.491 e. The van der Waals surface area contributed by atoms with Gasteiger partial charge in [-0.05, 0) is 74.7 Å². The number of rotatable bonds is 7. The highest BCUT2D eigenvalue weighted by Gasteiger charge is 2.37. The second-order valence-electron chi connectivity index (χ2n) is 8.84. The van der Waals surface area contributed by atoms with Gasteiger partial charge in [0.05, 0.1) is 23.7 Å². The zero-order valence-corrected chi connectivity index (χ0v) is 21.2. The molecule has 1 atom stereocenters. The van der Waals surface area contributed by atoms with E-state index in [0.717, 1.165) is 28.0 Å². The number of hydrogen-bond donors (Lipinski definition) is 1. The third-order valence-electron chi connectivity index (χ3n) is 5.89. The fourth-order valence-corrected chi connectivity index (χ4v) is 5.34. The molecule has 1 aliphatic heterocycles. The summed E-state index contributed by atoms with van der Waals surface area (Å²) in [6.45, 7) is 8.15. The minimum atomic E-state index is -3.90. The molecule has 3 aromatic rings. The Morgan fingerprint density at radius 3 is 2.37 bits per heavy atom. The molecule has 0 saturated carbocycles. The standard InChI is InChI=1S/C27H30N2O5S/c1-18-6-10-22(11-7-18)35(31,32)29-17-26(34-24-12-8-19(2)15-23(24)29)27(30)28-13-14-33-25-16-20(3)5-9-21(25)4/h5-12,15-16,26H,13-14,17H2,1-4H3,(H,28,30)/t26-/m1/s1. The third-order valence-corrected chi connectivity index (χ3v) is 7.68. The number of anilines is 1. The van der Waals surface area contributed by atoms with Crippen LogP contribution >= 0.6 is 0 Å². The topological polar surface area (TPSA) is 84.9 Å². The summed E-state index contributed by atoms with van der Waals surface area (Å²) >= 11 is 0. The zero-order valence-electron chi connectivity index (χ0n) is 20.4. The number of ether oxygens (including phenoxy) is 2. The van der Waals surface area contributed by atoms with E-state index in [-0.39, 0.29) is 24.6 Å². The van der Waals surface area contributed by atoms with Gasteiger partial charge in [-0.15, -0.1) is 0 Å². The van der Waals surface area contributed by atoms with Crippen LogP contribution in [0.3, 0.4) is 0 Å². The quantitative estimate of drug-likeness (QED) is 0.501. The number of nitrogens with one attached hydrogen (secondary N) is 1. The van der Waals surface area contributed by atoms with E-state index in [1.165, 1.54) is 4.31 Å². The molecule has 0 radical (unpaired) electrons. The van der Waals surface area contributed by atoms with Crippen LogP contribution in [0.25, 0.3) is 0 Å². The number of hydrogen-bond acceptors (Lipinski definition) is 5. The molecule has 7 nitrogen and oxygen atoms in total. The summed E-state index contributed by atoms with van der Waals surface area (Å²) in [5.41, 5.74) is 4.38. The summed E-state index contributed by atoms with van der Waals surface area (Å²) in [7, 11) is -3.90. The van der Waals surface area contributed by atoms with Gasteiger partial charge in [0, 0.05) is 0 Å². The molecule has 1 amide bonds. The van der Waals surface area contributed by atoms with Gasteiger partial charge in [-0.3, -0.25) is 9.10 Å². The molecule has 4 rings (SSSR count). The smallest absolute Gasteiger partial charge is 0.264 e. The molecule has 1 aliphatic rings. The monoisotopic (exact) mass is 494 g/mol. The molecule has 1 N–H and O–H groups in total. The van der Waals surface area contributed by atoms with E-state index in [4.69, 9.17) is 9.47 Å². The van der Waals surface area contributed by atoms with Crippen LogP contribution in [0.15, 0.2) is 65.6 Å². The van der Waals surface area contributed by atoms with E-state index in [0.29, 0.717) is 11.4 Å². The molecule has 0 aliphatic carbocycles. The van der Waals surface area contributed by atoms with Crippen molar-refractivity contribution in [1.82, 2.24) is 5.32 Å². The lowest BCUT2D eigenvalue weighted by Crippen LogP contribution is -2.51. The van der Waals surface area contributed by atoms with Crippen molar-refractivity contribution in [3.05, 3.63) is 82.9 Å². The summed E-state index contributed by atoms with van der Waals surface area (Å²) < 4.78 is 40.1. The fourth-order valence-electron chi connectivity index (χ4n) is 3.87. The van der Waals surface area contributed by atoms with Crippen LogP contribution < -0.4 is 19.1 Å². The predicted octanol–water partition coefficient (Wildman–Crippen LogP) is 4.07. The van der Waals surface area contributed by atoms with E-state index in [2.05, 4.69) is 5.32 Å². The Morgan fingerprint density at radius 1 is 0.971 bits per heavy atom. The highest BCUT2D eigenvalue weighted by atomic mass is 32.2. The minimum absolute atomic E-state index is 0.129. The van der Waals surface area contributed by atoms with Crippen molar-refractivity contribution in [2.45, 2.75) is 38.7 Å². The Hall–Kier alpha value is -3.52. The average molecular weight is 495 g/mol. The van der Waals surface area contributed by atoms with Crippen LogP contribution in [-0.4, -0.2) is 40.1 Å². The Balaban J connectivity index is 1.49. The third kappa shape index (κ3) is 5.43. The van der Waals surface area contributed by atoms with Crippen molar-refractivity contribution >= 4 is 21.6 Å².